The SMILES string of the molecule is CCCCN(CC(O)CNc1cc(OC)cc2cccnc12)C(C)CC.Cl.Cl. The highest BCUT2D eigenvalue weighted by Gasteiger charge is 2.16. The number of aliphatic hydroxyl groups excluding tert-OH is 1. The van der Waals surface area contributed by atoms with Crippen molar-refractivity contribution in [2.75, 3.05) is 32.1 Å². The largest absolute Gasteiger partial charge is 0.497 e. The van der Waals surface area contributed by atoms with Gasteiger partial charge in [-0.1, -0.05) is 26.3 Å². The predicted molar refractivity (Wildman–Crippen MR) is 124 cm³/mol. The Morgan fingerprint density at radius 2 is 2.00 bits per heavy atom. The van der Waals surface area contributed by atoms with Gasteiger partial charge in [0.2, 0.25) is 0 Å². The standard InChI is InChI=1S/C21H33N3O2.2ClH/c1-5-7-11-24(16(3)6-2)15-18(25)14-23-20-13-19(26-4)12-17-9-8-10-22-21(17)20;;/h8-10,12-13,16,18,23,25H,5-7,11,14-15H2,1-4H3;2*1H. The maximum atomic E-state index is 10.6. The Kier molecular flexibility index (Phi) is 13.2. The fraction of sp³-hybridized carbons (Fsp3) is 0.571. The molecule has 2 atom stereocenters. The van der Waals surface area contributed by atoms with Crippen LogP contribution in [-0.4, -0.2) is 53.9 Å². The molecule has 0 bridgehead atoms. The molecule has 0 aliphatic carbocycles. The fourth-order valence-corrected chi connectivity index (χ4v) is 3.09. The number of anilines is 1. The van der Waals surface area contributed by atoms with Gasteiger partial charge in [0.25, 0.3) is 0 Å². The Balaban J connectivity index is 0.00000364. The summed E-state index contributed by atoms with van der Waals surface area (Å²) in [5.41, 5.74) is 1.79. The molecule has 160 valence electrons. The van der Waals surface area contributed by atoms with E-state index < -0.39 is 6.10 Å². The van der Waals surface area contributed by atoms with E-state index in [1.807, 2.05) is 24.3 Å². The molecule has 7 heteroatoms. The number of halogens is 2. The molecule has 0 amide bonds. The number of aromatic nitrogens is 1. The molecule has 0 saturated heterocycles. The molecule has 0 aliphatic heterocycles. The second kappa shape index (κ2) is 13.8. The first-order valence-electron chi connectivity index (χ1n) is 9.67. The Morgan fingerprint density at radius 1 is 1.25 bits per heavy atom. The number of hydrogen-bond donors (Lipinski definition) is 2. The van der Waals surface area contributed by atoms with Crippen molar-refractivity contribution in [3.05, 3.63) is 30.5 Å². The van der Waals surface area contributed by atoms with Gasteiger partial charge in [-0.15, -0.1) is 24.8 Å². The van der Waals surface area contributed by atoms with Crippen LogP contribution in [0.15, 0.2) is 30.5 Å². The Bertz CT molecular complexity index is 688. The summed E-state index contributed by atoms with van der Waals surface area (Å²) in [5.74, 6) is 0.784. The minimum absolute atomic E-state index is 0. The third-order valence-electron chi connectivity index (χ3n) is 4.90. The highest BCUT2D eigenvalue weighted by Crippen LogP contribution is 2.27. The van der Waals surface area contributed by atoms with Gasteiger partial charge in [-0.2, -0.15) is 0 Å². The zero-order chi connectivity index (χ0) is 18.9. The Morgan fingerprint density at radius 3 is 2.64 bits per heavy atom. The monoisotopic (exact) mass is 431 g/mol. The van der Waals surface area contributed by atoms with Crippen LogP contribution in [0.1, 0.15) is 40.0 Å². The Labute approximate surface area is 181 Å². The topological polar surface area (TPSA) is 57.6 Å². The van der Waals surface area contributed by atoms with Crippen LogP contribution in [-0.2, 0) is 0 Å². The van der Waals surface area contributed by atoms with Crippen LogP contribution in [0.2, 0.25) is 0 Å². The number of fused-ring (bicyclic) bond motifs is 1. The van der Waals surface area contributed by atoms with Gasteiger partial charge in [-0.3, -0.25) is 9.88 Å². The number of unbranched alkanes of at least 4 members (excludes halogenated alkanes) is 1. The molecule has 2 unspecified atom stereocenters. The van der Waals surface area contributed by atoms with E-state index in [1.165, 1.54) is 6.42 Å². The maximum Gasteiger partial charge on any atom is 0.121 e. The molecule has 1 heterocycles. The molecule has 5 nitrogen and oxygen atoms in total. The molecule has 1 aromatic heterocycles. The van der Waals surface area contributed by atoms with Gasteiger partial charge in [0, 0.05) is 36.8 Å². The van der Waals surface area contributed by atoms with Crippen LogP contribution in [0.3, 0.4) is 0 Å². The molecule has 2 N–H and O–H groups in total. The molecule has 1 aromatic carbocycles. The molecule has 0 aliphatic rings. The molecule has 2 rings (SSSR count). The van der Waals surface area contributed by atoms with Crippen LogP contribution in [0.5, 0.6) is 5.75 Å². The summed E-state index contributed by atoms with van der Waals surface area (Å²) in [5, 5.41) is 15.0. The molecule has 0 radical (unpaired) electrons. The maximum absolute atomic E-state index is 10.6. The molecule has 0 fully saturated rings. The lowest BCUT2D eigenvalue weighted by molar-refractivity contribution is 0.0963. The number of nitrogens with zero attached hydrogens (tertiary/aromatic N) is 2. The highest BCUT2D eigenvalue weighted by atomic mass is 35.5. The average Bonchev–Trinajstić information content (AvgIpc) is 2.68. The number of methoxy groups -OCH3 is 1. The second-order valence-electron chi connectivity index (χ2n) is 6.89. The summed E-state index contributed by atoms with van der Waals surface area (Å²) in [6.45, 7) is 8.83. The van der Waals surface area contributed by atoms with Crippen molar-refractivity contribution in [2.24, 2.45) is 0 Å². The van der Waals surface area contributed by atoms with E-state index in [-0.39, 0.29) is 24.8 Å². The first-order chi connectivity index (χ1) is 12.6. The Hall–Kier alpha value is -1.27. The van der Waals surface area contributed by atoms with E-state index in [0.717, 1.165) is 41.7 Å². The smallest absolute Gasteiger partial charge is 0.121 e. The summed E-state index contributed by atoms with van der Waals surface area (Å²) in [7, 11) is 1.66. The number of nitrogens with one attached hydrogen (secondary N) is 1. The van der Waals surface area contributed by atoms with E-state index in [2.05, 4.69) is 36.0 Å². The lowest BCUT2D eigenvalue weighted by atomic mass is 10.1. The summed E-state index contributed by atoms with van der Waals surface area (Å²) >= 11 is 0. The molecular weight excluding hydrogens is 397 g/mol. The average molecular weight is 432 g/mol. The quantitative estimate of drug-likeness (QED) is 0.536. The predicted octanol–water partition coefficient (Wildman–Crippen LogP) is 4.76. The normalized spacial score (nSPS) is 12.8. The van der Waals surface area contributed by atoms with Crippen LogP contribution in [0.4, 0.5) is 5.69 Å². The third kappa shape index (κ3) is 7.63. The summed E-state index contributed by atoms with van der Waals surface area (Å²) in [6.07, 6.45) is 4.77. The van der Waals surface area contributed by atoms with Gasteiger partial charge in [0.15, 0.2) is 0 Å². The number of rotatable bonds is 11. The van der Waals surface area contributed by atoms with Gasteiger partial charge in [0.1, 0.15) is 5.75 Å². The van der Waals surface area contributed by atoms with Crippen molar-refractivity contribution in [2.45, 2.75) is 52.2 Å². The molecule has 0 spiro atoms. The van der Waals surface area contributed by atoms with Gasteiger partial charge >= 0.3 is 0 Å². The van der Waals surface area contributed by atoms with Crippen molar-refractivity contribution in [1.82, 2.24) is 9.88 Å². The minimum atomic E-state index is -0.439. The van der Waals surface area contributed by atoms with Crippen molar-refractivity contribution < 1.29 is 9.84 Å². The van der Waals surface area contributed by atoms with Crippen LogP contribution < -0.4 is 10.1 Å². The van der Waals surface area contributed by atoms with Crippen molar-refractivity contribution in [1.29, 1.82) is 0 Å². The lowest BCUT2D eigenvalue weighted by Gasteiger charge is -2.30. The van der Waals surface area contributed by atoms with Gasteiger partial charge in [-0.05, 0) is 38.4 Å². The summed E-state index contributed by atoms with van der Waals surface area (Å²) < 4.78 is 5.39. The second-order valence-corrected chi connectivity index (χ2v) is 6.89. The lowest BCUT2D eigenvalue weighted by Crippen LogP contribution is -2.41. The van der Waals surface area contributed by atoms with Crippen molar-refractivity contribution in [3.63, 3.8) is 0 Å². The van der Waals surface area contributed by atoms with Crippen molar-refractivity contribution >= 4 is 41.4 Å². The zero-order valence-electron chi connectivity index (χ0n) is 17.4. The van der Waals surface area contributed by atoms with E-state index in [1.54, 1.807) is 13.3 Å². The number of hydrogen-bond acceptors (Lipinski definition) is 5. The van der Waals surface area contributed by atoms with Gasteiger partial charge in [-0.25, -0.2) is 0 Å². The number of pyridine rings is 1. The molecule has 0 saturated carbocycles. The summed E-state index contributed by atoms with van der Waals surface area (Å²) in [6, 6.07) is 8.32. The molecular formula is C21H35Cl2N3O2. The van der Waals surface area contributed by atoms with E-state index in [4.69, 9.17) is 4.74 Å². The number of aliphatic hydroxyl groups is 1. The van der Waals surface area contributed by atoms with Crippen LogP contribution in [0, 0.1) is 0 Å². The van der Waals surface area contributed by atoms with Crippen LogP contribution >= 0.6 is 24.8 Å². The van der Waals surface area contributed by atoms with E-state index >= 15 is 0 Å². The van der Waals surface area contributed by atoms with Gasteiger partial charge < -0.3 is 15.2 Å². The first-order valence-corrected chi connectivity index (χ1v) is 9.67. The summed E-state index contributed by atoms with van der Waals surface area (Å²) in [4.78, 5) is 6.85. The third-order valence-corrected chi connectivity index (χ3v) is 4.90. The first kappa shape index (κ1) is 26.7. The van der Waals surface area contributed by atoms with E-state index in [9.17, 15) is 5.11 Å². The number of ether oxygens (including phenoxy) is 1. The van der Waals surface area contributed by atoms with Gasteiger partial charge in [0.05, 0.1) is 24.4 Å². The molecule has 2 aromatic rings. The minimum Gasteiger partial charge on any atom is -0.497 e. The van der Waals surface area contributed by atoms with E-state index in [0.29, 0.717) is 19.1 Å². The number of benzene rings is 1. The fourth-order valence-electron chi connectivity index (χ4n) is 3.09. The zero-order valence-corrected chi connectivity index (χ0v) is 19.0. The highest BCUT2D eigenvalue weighted by molar-refractivity contribution is 5.91. The molecule has 28 heavy (non-hydrogen) atoms. The van der Waals surface area contributed by atoms with Crippen LogP contribution in [0.25, 0.3) is 10.9 Å². The van der Waals surface area contributed by atoms with Crippen molar-refractivity contribution in [3.8, 4) is 5.75 Å².